The first-order valence-corrected chi connectivity index (χ1v) is 5.91. The number of hydrogen-bond donors (Lipinski definition) is 2. The van der Waals surface area contributed by atoms with E-state index in [1.807, 2.05) is 0 Å². The summed E-state index contributed by atoms with van der Waals surface area (Å²) in [6.07, 6.45) is 1.58. The van der Waals surface area contributed by atoms with Crippen molar-refractivity contribution >= 4 is 11.0 Å². The summed E-state index contributed by atoms with van der Waals surface area (Å²) in [5.74, 6) is 0.438. The molecule has 3 rings (SSSR count). The third-order valence-electron chi connectivity index (χ3n) is 3.20. The number of ether oxygens (including phenoxy) is 2. The van der Waals surface area contributed by atoms with Crippen molar-refractivity contribution in [1.29, 1.82) is 0 Å². The fraction of sp³-hybridized carbons (Fsp3) is 0.545. The average molecular weight is 266 g/mol. The highest BCUT2D eigenvalue weighted by molar-refractivity contribution is 5.79. The molecule has 3 atom stereocenters. The monoisotopic (exact) mass is 266 g/mol. The van der Waals surface area contributed by atoms with Crippen molar-refractivity contribution in [2.45, 2.75) is 24.9 Å². The zero-order valence-electron chi connectivity index (χ0n) is 10.3. The Morgan fingerprint density at radius 3 is 3.05 bits per heavy atom. The van der Waals surface area contributed by atoms with Gasteiger partial charge in [0.1, 0.15) is 17.8 Å². The summed E-state index contributed by atoms with van der Waals surface area (Å²) < 4.78 is 12.2. The van der Waals surface area contributed by atoms with Gasteiger partial charge in [-0.2, -0.15) is 5.10 Å². The van der Waals surface area contributed by atoms with Gasteiger partial charge in [0, 0.05) is 6.42 Å². The van der Waals surface area contributed by atoms with E-state index in [0.717, 1.165) is 0 Å². The minimum absolute atomic E-state index is 0.227. The highest BCUT2D eigenvalue weighted by Crippen LogP contribution is 2.31. The van der Waals surface area contributed by atoms with Gasteiger partial charge in [-0.05, 0) is 0 Å². The van der Waals surface area contributed by atoms with Crippen LogP contribution in [-0.4, -0.2) is 55.9 Å². The minimum atomic E-state index is -0.710. The van der Waals surface area contributed by atoms with Gasteiger partial charge in [-0.1, -0.05) is 0 Å². The summed E-state index contributed by atoms with van der Waals surface area (Å²) >= 11 is 0. The van der Waals surface area contributed by atoms with Crippen LogP contribution in [0.1, 0.15) is 12.6 Å². The normalized spacial score (nSPS) is 27.0. The van der Waals surface area contributed by atoms with Crippen LogP contribution in [0.4, 0.5) is 0 Å². The molecule has 19 heavy (non-hydrogen) atoms. The molecule has 0 saturated carbocycles. The summed E-state index contributed by atoms with van der Waals surface area (Å²) in [5, 5.41) is 23.7. The zero-order valence-corrected chi connectivity index (χ0v) is 10.3. The lowest BCUT2D eigenvalue weighted by molar-refractivity contribution is -0.0470. The molecule has 1 fully saturated rings. The Morgan fingerprint density at radius 1 is 1.53 bits per heavy atom. The van der Waals surface area contributed by atoms with Crippen LogP contribution < -0.4 is 4.74 Å². The van der Waals surface area contributed by atoms with Crippen molar-refractivity contribution in [3.05, 3.63) is 12.5 Å². The number of methoxy groups -OCH3 is 1. The predicted octanol–water partition coefficient (Wildman–Crippen LogP) is -0.524. The smallest absolute Gasteiger partial charge is 0.227 e. The van der Waals surface area contributed by atoms with Crippen molar-refractivity contribution in [2.24, 2.45) is 0 Å². The summed E-state index contributed by atoms with van der Waals surface area (Å²) in [4.78, 5) is 8.15. The molecular weight excluding hydrogens is 252 g/mol. The van der Waals surface area contributed by atoms with E-state index in [2.05, 4.69) is 15.1 Å². The number of nitrogens with zero attached hydrogens (tertiary/aromatic N) is 4. The van der Waals surface area contributed by atoms with Crippen molar-refractivity contribution in [3.8, 4) is 5.88 Å². The molecule has 1 saturated heterocycles. The Morgan fingerprint density at radius 2 is 2.37 bits per heavy atom. The number of fused-ring (bicyclic) bond motifs is 1. The van der Waals surface area contributed by atoms with Gasteiger partial charge in [-0.3, -0.25) is 0 Å². The molecule has 2 N–H and O–H groups in total. The molecule has 0 radical (unpaired) electrons. The first kappa shape index (κ1) is 12.3. The first-order valence-electron chi connectivity index (χ1n) is 5.91. The van der Waals surface area contributed by atoms with Gasteiger partial charge in [0.2, 0.25) is 5.88 Å². The lowest BCUT2D eigenvalue weighted by Crippen LogP contribution is -2.24. The molecule has 0 aromatic carbocycles. The van der Waals surface area contributed by atoms with Crippen molar-refractivity contribution in [3.63, 3.8) is 0 Å². The van der Waals surface area contributed by atoms with E-state index in [9.17, 15) is 5.11 Å². The topological polar surface area (TPSA) is 103 Å². The fourth-order valence-corrected chi connectivity index (χ4v) is 2.24. The van der Waals surface area contributed by atoms with Gasteiger partial charge in [-0.15, -0.1) is 0 Å². The van der Waals surface area contributed by atoms with Crippen LogP contribution in [0, 0.1) is 0 Å². The first-order chi connectivity index (χ1) is 9.24. The van der Waals surface area contributed by atoms with Gasteiger partial charge in [0.25, 0.3) is 0 Å². The Balaban J connectivity index is 1.98. The summed E-state index contributed by atoms with van der Waals surface area (Å²) in [5.41, 5.74) is 0.572. The molecular formula is C11H14N4O4. The molecule has 0 unspecified atom stereocenters. The lowest BCUT2D eigenvalue weighted by Gasteiger charge is -2.12. The number of rotatable bonds is 3. The zero-order chi connectivity index (χ0) is 13.4. The van der Waals surface area contributed by atoms with Crippen molar-refractivity contribution in [1.82, 2.24) is 19.7 Å². The second kappa shape index (κ2) is 4.72. The number of aromatic nitrogens is 4. The van der Waals surface area contributed by atoms with E-state index in [1.54, 1.807) is 10.9 Å². The largest absolute Gasteiger partial charge is 0.480 e. The quantitative estimate of drug-likeness (QED) is 0.770. The fourth-order valence-electron chi connectivity index (χ4n) is 2.24. The Kier molecular flexibility index (Phi) is 3.05. The van der Waals surface area contributed by atoms with E-state index in [4.69, 9.17) is 14.6 Å². The lowest BCUT2D eigenvalue weighted by atomic mass is 10.2. The minimum Gasteiger partial charge on any atom is -0.480 e. The molecule has 2 aromatic heterocycles. The van der Waals surface area contributed by atoms with Crippen molar-refractivity contribution < 1.29 is 19.7 Å². The molecule has 1 aliphatic rings. The predicted molar refractivity (Wildman–Crippen MR) is 63.5 cm³/mol. The van der Waals surface area contributed by atoms with Crippen LogP contribution in [0.3, 0.4) is 0 Å². The standard InChI is InChI=1S/C11H14N4O4/c1-18-11-6-3-14-15(10(6)12-5-13-11)9-2-7(17)8(4-16)19-9/h3,5,7-9,16-17H,2,4H2,1H3/t7-,8+,9-/m0/s1. The average Bonchev–Trinajstić information content (AvgIpc) is 3.01. The molecule has 0 spiro atoms. The van der Waals surface area contributed by atoms with Gasteiger partial charge >= 0.3 is 0 Å². The summed E-state index contributed by atoms with van der Waals surface area (Å²) in [6, 6.07) is 0. The maximum Gasteiger partial charge on any atom is 0.227 e. The van der Waals surface area contributed by atoms with E-state index in [-0.39, 0.29) is 6.61 Å². The second-order valence-corrected chi connectivity index (χ2v) is 4.32. The van der Waals surface area contributed by atoms with E-state index in [1.165, 1.54) is 13.4 Å². The van der Waals surface area contributed by atoms with Crippen LogP contribution in [0.5, 0.6) is 5.88 Å². The molecule has 0 amide bonds. The number of aliphatic hydroxyl groups is 2. The molecule has 0 aliphatic carbocycles. The van der Waals surface area contributed by atoms with E-state index < -0.39 is 18.4 Å². The Labute approximate surface area is 108 Å². The van der Waals surface area contributed by atoms with Gasteiger partial charge in [-0.25, -0.2) is 14.6 Å². The van der Waals surface area contributed by atoms with Gasteiger partial charge in [0.05, 0.1) is 26.0 Å². The maximum atomic E-state index is 9.75. The SMILES string of the molecule is COc1ncnc2c1cnn2[C@@H]1C[C@H](O)[C@@H](CO)O1. The van der Waals surface area contributed by atoms with Gasteiger partial charge in [0.15, 0.2) is 11.9 Å². The van der Waals surface area contributed by atoms with E-state index >= 15 is 0 Å². The molecule has 102 valence electrons. The highest BCUT2D eigenvalue weighted by atomic mass is 16.5. The number of aliphatic hydroxyl groups excluding tert-OH is 2. The highest BCUT2D eigenvalue weighted by Gasteiger charge is 2.35. The van der Waals surface area contributed by atoms with Crippen LogP contribution in [0.15, 0.2) is 12.5 Å². The van der Waals surface area contributed by atoms with Crippen LogP contribution in [0.25, 0.3) is 11.0 Å². The molecule has 3 heterocycles. The molecule has 1 aliphatic heterocycles. The third-order valence-corrected chi connectivity index (χ3v) is 3.20. The summed E-state index contributed by atoms with van der Waals surface area (Å²) in [6.45, 7) is -0.227. The van der Waals surface area contributed by atoms with Gasteiger partial charge < -0.3 is 19.7 Å². The maximum absolute atomic E-state index is 9.75. The van der Waals surface area contributed by atoms with Crippen molar-refractivity contribution in [2.75, 3.05) is 13.7 Å². The van der Waals surface area contributed by atoms with Crippen LogP contribution >= 0.6 is 0 Å². The number of hydrogen-bond acceptors (Lipinski definition) is 7. The Bertz CT molecular complexity index is 587. The molecule has 0 bridgehead atoms. The van der Waals surface area contributed by atoms with Crippen LogP contribution in [0.2, 0.25) is 0 Å². The van der Waals surface area contributed by atoms with Crippen LogP contribution in [-0.2, 0) is 4.74 Å². The molecule has 2 aromatic rings. The molecule has 8 nitrogen and oxygen atoms in total. The Hall–Kier alpha value is -1.77. The summed E-state index contributed by atoms with van der Waals surface area (Å²) in [7, 11) is 1.52. The second-order valence-electron chi connectivity index (χ2n) is 4.32. The molecule has 8 heteroatoms. The van der Waals surface area contributed by atoms with E-state index in [0.29, 0.717) is 23.3 Å². The third kappa shape index (κ3) is 1.93.